The lowest BCUT2D eigenvalue weighted by atomic mass is 10.1. The molecule has 1 aliphatic carbocycles. The minimum Gasteiger partial charge on any atom is -0.383 e. The molecule has 6 rings (SSSR count). The maximum Gasteiger partial charge on any atom is 0.167 e. The number of ether oxygens (including phenoxy) is 1. The van der Waals surface area contributed by atoms with E-state index in [4.69, 9.17) is 20.4 Å². The van der Waals surface area contributed by atoms with Crippen LogP contribution in [0.25, 0.3) is 28.2 Å². The van der Waals surface area contributed by atoms with Crippen LogP contribution in [-0.4, -0.2) is 39.0 Å². The van der Waals surface area contributed by atoms with Crippen molar-refractivity contribution in [3.8, 4) is 17.1 Å². The summed E-state index contributed by atoms with van der Waals surface area (Å²) in [5.74, 6) is 1.70. The van der Waals surface area contributed by atoms with E-state index < -0.39 is 6.17 Å². The molecule has 0 fully saturated rings. The van der Waals surface area contributed by atoms with Crippen molar-refractivity contribution in [2.24, 2.45) is 0 Å². The molecule has 0 saturated heterocycles. The number of hydrazine groups is 1. The van der Waals surface area contributed by atoms with Gasteiger partial charge >= 0.3 is 0 Å². The van der Waals surface area contributed by atoms with Crippen LogP contribution in [0.5, 0.6) is 0 Å². The summed E-state index contributed by atoms with van der Waals surface area (Å²) < 4.78 is 21.3. The predicted molar refractivity (Wildman–Crippen MR) is 124 cm³/mol. The normalized spacial score (nSPS) is 19.5. The summed E-state index contributed by atoms with van der Waals surface area (Å²) in [6.07, 6.45) is 5.24. The monoisotopic (exact) mass is 443 g/mol. The Morgan fingerprint density at radius 2 is 2.00 bits per heavy atom. The summed E-state index contributed by atoms with van der Waals surface area (Å²) in [5, 5.41) is 1.81. The highest BCUT2D eigenvalue weighted by atomic mass is 19.1. The molecule has 4 aromatic rings. The fourth-order valence-corrected chi connectivity index (χ4v) is 4.46. The van der Waals surface area contributed by atoms with Gasteiger partial charge in [0.15, 0.2) is 11.5 Å². The zero-order valence-electron chi connectivity index (χ0n) is 17.9. The predicted octanol–water partition coefficient (Wildman–Crippen LogP) is 3.31. The summed E-state index contributed by atoms with van der Waals surface area (Å²) >= 11 is 0. The fraction of sp³-hybridized carbons (Fsp3) is 0.208. The van der Waals surface area contributed by atoms with Gasteiger partial charge in [0.1, 0.15) is 29.6 Å². The molecule has 33 heavy (non-hydrogen) atoms. The summed E-state index contributed by atoms with van der Waals surface area (Å²) in [7, 11) is 1.64. The Kier molecular flexibility index (Phi) is 4.60. The van der Waals surface area contributed by atoms with Crippen molar-refractivity contribution in [3.63, 3.8) is 0 Å². The number of fused-ring (bicyclic) bond motifs is 2. The highest BCUT2D eigenvalue weighted by molar-refractivity contribution is 5.84. The first-order valence-corrected chi connectivity index (χ1v) is 10.7. The second-order valence-corrected chi connectivity index (χ2v) is 8.17. The maximum atomic E-state index is 14.0. The fourth-order valence-electron chi connectivity index (χ4n) is 4.46. The van der Waals surface area contributed by atoms with Gasteiger partial charge in [-0.15, -0.1) is 0 Å². The van der Waals surface area contributed by atoms with Gasteiger partial charge in [0.2, 0.25) is 0 Å². The number of hydrogen-bond donors (Lipinski definition) is 2. The maximum absolute atomic E-state index is 14.0. The van der Waals surface area contributed by atoms with Gasteiger partial charge in [-0.25, -0.2) is 19.3 Å². The van der Waals surface area contributed by atoms with E-state index in [1.54, 1.807) is 18.3 Å². The topological polar surface area (TPSA) is 94.1 Å². The van der Waals surface area contributed by atoms with Crippen molar-refractivity contribution < 1.29 is 9.13 Å². The van der Waals surface area contributed by atoms with Crippen LogP contribution in [-0.2, 0) is 17.6 Å². The van der Waals surface area contributed by atoms with Crippen molar-refractivity contribution in [2.45, 2.75) is 25.2 Å². The molecule has 1 aromatic carbocycles. The van der Waals surface area contributed by atoms with Crippen LogP contribution in [0.3, 0.4) is 0 Å². The van der Waals surface area contributed by atoms with Crippen LogP contribution in [0.2, 0.25) is 0 Å². The first-order chi connectivity index (χ1) is 16.1. The molecule has 0 radical (unpaired) electrons. The number of aromatic nitrogens is 4. The van der Waals surface area contributed by atoms with Crippen molar-refractivity contribution in [1.82, 2.24) is 24.9 Å². The number of rotatable bonds is 4. The van der Waals surface area contributed by atoms with Gasteiger partial charge in [-0.2, -0.15) is 5.43 Å². The van der Waals surface area contributed by atoms with Crippen molar-refractivity contribution >= 4 is 22.8 Å². The van der Waals surface area contributed by atoms with E-state index in [0.717, 1.165) is 16.8 Å². The van der Waals surface area contributed by atoms with Crippen LogP contribution in [0.4, 0.5) is 16.0 Å². The third kappa shape index (κ3) is 3.33. The van der Waals surface area contributed by atoms with Gasteiger partial charge in [-0.1, -0.05) is 6.07 Å². The number of nitrogens with one attached hydrogen (secondary N) is 1. The van der Waals surface area contributed by atoms with Crippen molar-refractivity contribution in [2.75, 3.05) is 17.9 Å². The molecule has 2 unspecified atom stereocenters. The van der Waals surface area contributed by atoms with E-state index in [0.29, 0.717) is 47.0 Å². The summed E-state index contributed by atoms with van der Waals surface area (Å²) in [6, 6.07) is 13.5. The Balaban J connectivity index is 1.55. The van der Waals surface area contributed by atoms with E-state index in [1.165, 1.54) is 0 Å². The van der Waals surface area contributed by atoms with Crippen molar-refractivity contribution in [1.29, 1.82) is 0 Å². The zero-order chi connectivity index (χ0) is 22.5. The van der Waals surface area contributed by atoms with Gasteiger partial charge in [0.05, 0.1) is 5.56 Å². The van der Waals surface area contributed by atoms with E-state index in [1.807, 2.05) is 59.3 Å². The third-order valence-corrected chi connectivity index (χ3v) is 6.08. The number of anilines is 2. The molecule has 0 spiro atoms. The number of pyridine rings is 2. The average Bonchev–Trinajstić information content (AvgIpc) is 3.54. The Morgan fingerprint density at radius 3 is 2.82 bits per heavy atom. The van der Waals surface area contributed by atoms with Crippen LogP contribution in [0, 0.1) is 0 Å². The SMILES string of the molecule is COC1C=CN(c2ccc3nc(-c4cccnc4N)n(-c4ccc5c(c4)CC(F)C5)c3n2)N1. The second-order valence-electron chi connectivity index (χ2n) is 8.17. The molecule has 2 atom stereocenters. The summed E-state index contributed by atoms with van der Waals surface area (Å²) in [5.41, 5.74) is 14.4. The molecular weight excluding hydrogens is 421 g/mol. The van der Waals surface area contributed by atoms with E-state index in [9.17, 15) is 4.39 Å². The Morgan fingerprint density at radius 1 is 1.12 bits per heavy atom. The van der Waals surface area contributed by atoms with Crippen LogP contribution in [0.15, 0.2) is 60.9 Å². The molecule has 166 valence electrons. The molecule has 3 aromatic heterocycles. The first-order valence-electron chi connectivity index (χ1n) is 10.7. The van der Waals surface area contributed by atoms with Gasteiger partial charge in [-0.3, -0.25) is 9.58 Å². The third-order valence-electron chi connectivity index (χ3n) is 6.08. The summed E-state index contributed by atoms with van der Waals surface area (Å²) in [6.45, 7) is 0. The number of halogens is 1. The molecule has 0 saturated carbocycles. The van der Waals surface area contributed by atoms with Gasteiger partial charge < -0.3 is 10.5 Å². The first kappa shape index (κ1) is 19.8. The quantitative estimate of drug-likeness (QED) is 0.500. The van der Waals surface area contributed by atoms with Crippen LogP contribution < -0.4 is 16.2 Å². The van der Waals surface area contributed by atoms with Crippen LogP contribution in [0.1, 0.15) is 11.1 Å². The minimum absolute atomic E-state index is 0.219. The number of nitrogens with two attached hydrogens (primary N) is 1. The second kappa shape index (κ2) is 7.65. The van der Waals surface area contributed by atoms with E-state index in [-0.39, 0.29) is 6.23 Å². The molecule has 2 aliphatic rings. The number of alkyl halides is 1. The largest absolute Gasteiger partial charge is 0.383 e. The molecule has 9 heteroatoms. The van der Waals surface area contributed by atoms with Crippen LogP contribution >= 0.6 is 0 Å². The Hall–Kier alpha value is -3.82. The van der Waals surface area contributed by atoms with E-state index >= 15 is 0 Å². The molecule has 3 N–H and O–H groups in total. The average molecular weight is 443 g/mol. The standard InChI is InChI=1S/C24H22FN7O/c1-33-21-8-10-31(30-21)20-7-6-19-24(29-20)32(23(28-19)18-3-2-9-27-22(18)26)17-5-4-14-11-16(25)12-15(14)13-17/h2-10,13,16,21,30H,11-12H2,1H3,(H2,26,27). The lowest BCUT2D eigenvalue weighted by Gasteiger charge is -2.18. The number of hydrogen-bond acceptors (Lipinski definition) is 7. The number of benzene rings is 1. The van der Waals surface area contributed by atoms with Gasteiger partial charge in [-0.05, 0) is 53.6 Å². The number of nitrogen functional groups attached to an aromatic ring is 1. The van der Waals surface area contributed by atoms with Gasteiger partial charge in [0.25, 0.3) is 0 Å². The highest BCUT2D eigenvalue weighted by Gasteiger charge is 2.24. The van der Waals surface area contributed by atoms with Gasteiger partial charge in [0, 0.05) is 38.0 Å². The molecule has 0 bridgehead atoms. The number of nitrogens with zero attached hydrogens (tertiary/aromatic N) is 5. The Bertz CT molecular complexity index is 1400. The molecule has 4 heterocycles. The lowest BCUT2D eigenvalue weighted by Crippen LogP contribution is -2.36. The van der Waals surface area contributed by atoms with E-state index in [2.05, 4.69) is 10.4 Å². The molecule has 8 nitrogen and oxygen atoms in total. The lowest BCUT2D eigenvalue weighted by molar-refractivity contribution is 0.120. The highest BCUT2D eigenvalue weighted by Crippen LogP contribution is 2.33. The zero-order valence-corrected chi connectivity index (χ0v) is 17.9. The number of methoxy groups -OCH3 is 1. The smallest absolute Gasteiger partial charge is 0.167 e. The molecule has 0 amide bonds. The summed E-state index contributed by atoms with van der Waals surface area (Å²) in [4.78, 5) is 14.0. The van der Waals surface area contributed by atoms with Crippen molar-refractivity contribution in [3.05, 3.63) is 72.1 Å². The minimum atomic E-state index is -0.838. The molecule has 1 aliphatic heterocycles. The number of imidazole rings is 1. The Labute approximate surface area is 189 Å². The molecular formula is C24H22FN7O.